The summed E-state index contributed by atoms with van der Waals surface area (Å²) in [6.07, 6.45) is 1.40. The summed E-state index contributed by atoms with van der Waals surface area (Å²) in [4.78, 5) is 29.3. The van der Waals surface area contributed by atoms with Crippen LogP contribution in [0.1, 0.15) is 32.0 Å². The van der Waals surface area contributed by atoms with Crippen LogP contribution >= 0.6 is 55.1 Å². The van der Waals surface area contributed by atoms with Crippen LogP contribution in [0, 0.1) is 6.92 Å². The molecule has 0 atom stereocenters. The van der Waals surface area contributed by atoms with E-state index < -0.39 is 11.9 Å². The first-order chi connectivity index (χ1) is 19.2. The van der Waals surface area contributed by atoms with E-state index in [4.69, 9.17) is 27.9 Å². The Morgan fingerprint density at radius 3 is 2.50 bits per heavy atom. The van der Waals surface area contributed by atoms with Crippen molar-refractivity contribution < 1.29 is 14.3 Å². The first kappa shape index (κ1) is 28.1. The lowest BCUT2D eigenvalue weighted by Gasteiger charge is -2.11. The first-order valence-corrected chi connectivity index (χ1v) is 14.2. The third-order valence-electron chi connectivity index (χ3n) is 5.96. The third kappa shape index (κ3) is 6.00. The first-order valence-electron chi connectivity index (χ1n) is 11.9. The molecule has 0 saturated carbocycles. The normalized spacial score (nSPS) is 11.2. The van der Waals surface area contributed by atoms with Gasteiger partial charge in [0.25, 0.3) is 5.91 Å². The number of esters is 1. The van der Waals surface area contributed by atoms with E-state index >= 15 is 0 Å². The fourth-order valence-corrected chi connectivity index (χ4v) is 6.16. The van der Waals surface area contributed by atoms with Crippen molar-refractivity contribution in [2.24, 2.45) is 5.10 Å². The van der Waals surface area contributed by atoms with Crippen LogP contribution in [-0.2, 0) is 0 Å². The van der Waals surface area contributed by atoms with Gasteiger partial charge in [-0.25, -0.2) is 10.2 Å². The van der Waals surface area contributed by atoms with Crippen molar-refractivity contribution in [3.05, 3.63) is 120 Å². The molecule has 0 aliphatic rings. The molecule has 0 aliphatic heterocycles. The van der Waals surface area contributed by atoms with Crippen molar-refractivity contribution in [2.45, 2.75) is 6.92 Å². The van der Waals surface area contributed by atoms with Gasteiger partial charge in [0.05, 0.1) is 21.3 Å². The standard InChI is InChI=1S/C30H19Br2Cl2N3O3/c1-16-6-5-9-18(10-16)30(39)40-28-19(11-20(31)12-22(28)32)15-35-37-29(38)27-25(17-7-3-2-4-8-17)26-23(34)13-21(33)14-24(26)36-27/h2-15,36H,1H3,(H,37,38). The predicted octanol–water partition coefficient (Wildman–Crippen LogP) is 8.96. The number of ether oxygens (including phenoxy) is 1. The Balaban J connectivity index is 1.46. The average molecular weight is 700 g/mol. The Kier molecular flexibility index (Phi) is 8.42. The highest BCUT2D eigenvalue weighted by atomic mass is 79.9. The number of hydrogen-bond acceptors (Lipinski definition) is 4. The van der Waals surface area contributed by atoms with Crippen molar-refractivity contribution in [2.75, 3.05) is 0 Å². The fourth-order valence-electron chi connectivity index (χ4n) is 4.24. The molecular weight excluding hydrogens is 681 g/mol. The number of nitrogens with zero attached hydrogens (tertiary/aromatic N) is 1. The zero-order valence-corrected chi connectivity index (χ0v) is 25.5. The minimum Gasteiger partial charge on any atom is -0.421 e. The molecule has 200 valence electrons. The molecule has 10 heteroatoms. The summed E-state index contributed by atoms with van der Waals surface area (Å²) in [5.74, 6) is -0.762. The summed E-state index contributed by atoms with van der Waals surface area (Å²) in [5, 5.41) is 5.69. The number of H-pyrrole nitrogens is 1. The molecule has 5 rings (SSSR count). The molecule has 0 bridgehead atoms. The lowest BCUT2D eigenvalue weighted by molar-refractivity contribution is 0.0732. The molecule has 5 aromatic rings. The van der Waals surface area contributed by atoms with Crippen molar-refractivity contribution in [3.8, 4) is 16.9 Å². The van der Waals surface area contributed by atoms with Gasteiger partial charge in [-0.1, -0.05) is 87.2 Å². The monoisotopic (exact) mass is 697 g/mol. The van der Waals surface area contributed by atoms with Gasteiger partial charge in [-0.3, -0.25) is 4.79 Å². The van der Waals surface area contributed by atoms with Crippen molar-refractivity contribution in [3.63, 3.8) is 0 Å². The van der Waals surface area contributed by atoms with Gasteiger partial charge in [0, 0.05) is 31.5 Å². The van der Waals surface area contributed by atoms with Gasteiger partial charge in [0.2, 0.25) is 0 Å². The van der Waals surface area contributed by atoms with Gasteiger partial charge in [-0.2, -0.15) is 5.10 Å². The Labute approximate surface area is 256 Å². The quantitative estimate of drug-likeness (QED) is 0.0804. The third-order valence-corrected chi connectivity index (χ3v) is 7.52. The van der Waals surface area contributed by atoms with Gasteiger partial charge in [0.15, 0.2) is 5.75 Å². The minimum absolute atomic E-state index is 0.254. The lowest BCUT2D eigenvalue weighted by Crippen LogP contribution is -2.19. The van der Waals surface area contributed by atoms with E-state index in [-0.39, 0.29) is 11.4 Å². The summed E-state index contributed by atoms with van der Waals surface area (Å²) >= 11 is 19.7. The largest absolute Gasteiger partial charge is 0.421 e. The highest BCUT2D eigenvalue weighted by Crippen LogP contribution is 2.38. The SMILES string of the molecule is Cc1cccc(C(=O)Oc2c(Br)cc(Br)cc2C=NNC(=O)c2[nH]c3cc(Cl)cc(Cl)c3c2-c2ccccc2)c1. The number of rotatable bonds is 6. The van der Waals surface area contributed by atoms with Crippen molar-refractivity contribution >= 4 is 84.1 Å². The summed E-state index contributed by atoms with van der Waals surface area (Å²) in [6, 6.07) is 23.3. The van der Waals surface area contributed by atoms with Crippen LogP contribution in [-0.4, -0.2) is 23.1 Å². The number of hydrogen-bond donors (Lipinski definition) is 2. The molecule has 0 spiro atoms. The molecule has 1 amide bonds. The lowest BCUT2D eigenvalue weighted by atomic mass is 10.0. The van der Waals surface area contributed by atoms with E-state index in [1.807, 2.05) is 43.3 Å². The zero-order chi connectivity index (χ0) is 28.4. The van der Waals surface area contributed by atoms with E-state index in [0.717, 1.165) is 15.6 Å². The second-order valence-corrected chi connectivity index (χ2v) is 11.4. The molecule has 1 heterocycles. The van der Waals surface area contributed by atoms with Gasteiger partial charge in [-0.05, 0) is 64.8 Å². The number of aromatic nitrogens is 1. The highest BCUT2D eigenvalue weighted by Gasteiger charge is 2.22. The maximum absolute atomic E-state index is 13.4. The van der Waals surface area contributed by atoms with Crippen LogP contribution in [0.15, 0.2) is 92.9 Å². The Hall–Kier alpha value is -3.43. The van der Waals surface area contributed by atoms with E-state index in [2.05, 4.69) is 47.4 Å². The highest BCUT2D eigenvalue weighted by molar-refractivity contribution is 9.11. The molecule has 0 aliphatic carbocycles. The van der Waals surface area contributed by atoms with Gasteiger partial charge in [0.1, 0.15) is 5.69 Å². The van der Waals surface area contributed by atoms with Crippen LogP contribution in [0.2, 0.25) is 10.0 Å². The number of aryl methyl sites for hydroxylation is 1. The van der Waals surface area contributed by atoms with Gasteiger partial charge >= 0.3 is 5.97 Å². The molecule has 2 N–H and O–H groups in total. The topological polar surface area (TPSA) is 83.5 Å². The summed E-state index contributed by atoms with van der Waals surface area (Å²) in [6.45, 7) is 1.89. The number of carbonyl (C=O) groups is 2. The van der Waals surface area contributed by atoms with Crippen LogP contribution in [0.25, 0.3) is 22.0 Å². The number of nitrogens with one attached hydrogen (secondary N) is 2. The average Bonchev–Trinajstić information content (AvgIpc) is 3.30. The number of benzene rings is 4. The molecular formula is C30H19Br2Cl2N3O3. The van der Waals surface area contributed by atoms with Crippen LogP contribution in [0.4, 0.5) is 0 Å². The number of aromatic amines is 1. The molecule has 0 radical (unpaired) electrons. The number of amides is 1. The predicted molar refractivity (Wildman–Crippen MR) is 167 cm³/mol. The maximum atomic E-state index is 13.4. The molecule has 4 aromatic carbocycles. The van der Waals surface area contributed by atoms with Crippen molar-refractivity contribution in [1.82, 2.24) is 10.4 Å². The van der Waals surface area contributed by atoms with Crippen LogP contribution in [0.5, 0.6) is 5.75 Å². The second-order valence-electron chi connectivity index (χ2n) is 8.82. The Bertz CT molecular complexity index is 1800. The maximum Gasteiger partial charge on any atom is 0.343 e. The van der Waals surface area contributed by atoms with E-state index in [1.54, 1.807) is 42.5 Å². The number of hydrazone groups is 1. The van der Waals surface area contributed by atoms with Crippen LogP contribution in [0.3, 0.4) is 0 Å². The minimum atomic E-state index is -0.522. The Morgan fingerprint density at radius 1 is 0.975 bits per heavy atom. The van der Waals surface area contributed by atoms with Crippen molar-refractivity contribution in [1.29, 1.82) is 0 Å². The smallest absolute Gasteiger partial charge is 0.343 e. The zero-order valence-electron chi connectivity index (χ0n) is 20.8. The molecule has 6 nitrogen and oxygen atoms in total. The number of fused-ring (bicyclic) bond motifs is 1. The number of carbonyl (C=O) groups excluding carboxylic acids is 2. The summed E-state index contributed by atoms with van der Waals surface area (Å²) < 4.78 is 6.96. The van der Waals surface area contributed by atoms with E-state index in [1.165, 1.54) is 6.21 Å². The molecule has 0 unspecified atom stereocenters. The molecule has 40 heavy (non-hydrogen) atoms. The summed E-state index contributed by atoms with van der Waals surface area (Å²) in [5.41, 5.74) is 6.68. The van der Waals surface area contributed by atoms with E-state index in [0.29, 0.717) is 42.1 Å². The molecule has 0 saturated heterocycles. The molecule has 1 aromatic heterocycles. The van der Waals surface area contributed by atoms with Gasteiger partial charge in [-0.15, -0.1) is 0 Å². The molecule has 0 fully saturated rings. The van der Waals surface area contributed by atoms with E-state index in [9.17, 15) is 9.59 Å². The van der Waals surface area contributed by atoms with Crippen LogP contribution < -0.4 is 10.2 Å². The second kappa shape index (κ2) is 12.0. The summed E-state index contributed by atoms with van der Waals surface area (Å²) in [7, 11) is 0. The fraction of sp³-hybridized carbons (Fsp3) is 0.0333. The van der Waals surface area contributed by atoms with Gasteiger partial charge < -0.3 is 9.72 Å². The Morgan fingerprint density at radius 2 is 1.75 bits per heavy atom. The number of halogens is 4.